The van der Waals surface area contributed by atoms with Crippen LogP contribution >= 0.6 is 0 Å². The van der Waals surface area contributed by atoms with Crippen molar-refractivity contribution in [3.8, 4) is 0 Å². The molecule has 286 valence electrons. The molecule has 8 heteroatoms. The molecule has 1 aliphatic carbocycles. The molecule has 0 aromatic rings. The molecule has 0 spiro atoms. The van der Waals surface area contributed by atoms with E-state index in [9.17, 15) is 30.0 Å². The fraction of sp³-hybridized carbons (Fsp3) is 0.854. The maximum atomic E-state index is 12.3. The molecule has 1 rings (SSSR count). The topological polar surface area (TPSA) is 134 Å². The van der Waals surface area contributed by atoms with Gasteiger partial charge < -0.3 is 29.9 Å². The number of hydrogen-bond acceptors (Lipinski definition) is 8. The number of ether oxygens (including phenoxy) is 2. The van der Waals surface area contributed by atoms with Gasteiger partial charge in [0.25, 0.3) is 0 Å². The van der Waals surface area contributed by atoms with Gasteiger partial charge in [0, 0.05) is 25.2 Å². The van der Waals surface area contributed by atoms with E-state index in [-0.39, 0.29) is 30.8 Å². The van der Waals surface area contributed by atoms with Crippen molar-refractivity contribution in [3.63, 3.8) is 0 Å². The third-order valence-electron chi connectivity index (χ3n) is 9.82. The van der Waals surface area contributed by atoms with Crippen molar-refractivity contribution in [2.24, 2.45) is 11.8 Å². The predicted molar refractivity (Wildman–Crippen MR) is 198 cm³/mol. The lowest BCUT2D eigenvalue weighted by atomic mass is 9.89. The van der Waals surface area contributed by atoms with Gasteiger partial charge in [0.15, 0.2) is 6.10 Å². The van der Waals surface area contributed by atoms with Crippen molar-refractivity contribution in [2.45, 2.75) is 199 Å². The van der Waals surface area contributed by atoms with Gasteiger partial charge in [0.2, 0.25) is 0 Å². The molecule has 49 heavy (non-hydrogen) atoms. The van der Waals surface area contributed by atoms with Crippen LogP contribution in [-0.4, -0.2) is 70.0 Å². The van der Waals surface area contributed by atoms with Crippen LogP contribution in [0.2, 0.25) is 0 Å². The van der Waals surface area contributed by atoms with E-state index in [2.05, 4.69) is 13.8 Å². The summed E-state index contributed by atoms with van der Waals surface area (Å²) in [6.07, 6.45) is 30.4. The predicted octanol–water partition coefficient (Wildman–Crippen LogP) is 8.67. The molecule has 1 fully saturated rings. The van der Waals surface area contributed by atoms with Crippen LogP contribution in [0.4, 0.5) is 0 Å². The van der Waals surface area contributed by atoms with Gasteiger partial charge in [-0.15, -0.1) is 0 Å². The highest BCUT2D eigenvalue weighted by molar-refractivity contribution is 5.70. The number of hydrogen-bond donors (Lipinski definition) is 4. The third-order valence-corrected chi connectivity index (χ3v) is 9.82. The van der Waals surface area contributed by atoms with E-state index >= 15 is 0 Å². The Morgan fingerprint density at radius 2 is 1.27 bits per heavy atom. The van der Waals surface area contributed by atoms with Gasteiger partial charge in [-0.05, 0) is 38.0 Å². The van der Waals surface area contributed by atoms with E-state index in [1.807, 2.05) is 18.2 Å². The molecular weight excluding hydrogens is 620 g/mol. The zero-order valence-corrected chi connectivity index (χ0v) is 31.3. The summed E-state index contributed by atoms with van der Waals surface area (Å²) in [4.78, 5) is 24.4. The Morgan fingerprint density at radius 3 is 1.86 bits per heavy atom. The largest absolute Gasteiger partial charge is 0.462 e. The molecule has 0 saturated heterocycles. The first-order valence-electron chi connectivity index (χ1n) is 20.2. The molecule has 0 aromatic carbocycles. The minimum atomic E-state index is -0.863. The lowest BCUT2D eigenvalue weighted by molar-refractivity contribution is -0.161. The van der Waals surface area contributed by atoms with Crippen molar-refractivity contribution in [1.29, 1.82) is 0 Å². The Balaban J connectivity index is 2.11. The molecule has 4 N–H and O–H groups in total. The molecule has 1 saturated carbocycles. The SMILES string of the molecule is CCCCCCCCCCCCCCCCCC(=O)OC[C@H](CO)OC(=O)CCC/C=C/C[C@@H]1[C@@H](/C=C/[C@@H](O)CCCCC)[C@H](O)C[C@@H]1O. The maximum absolute atomic E-state index is 12.3. The third kappa shape index (κ3) is 24.1. The van der Waals surface area contributed by atoms with E-state index < -0.39 is 37.0 Å². The van der Waals surface area contributed by atoms with Gasteiger partial charge in [0.05, 0.1) is 24.9 Å². The second-order valence-electron chi connectivity index (χ2n) is 14.3. The van der Waals surface area contributed by atoms with Crippen LogP contribution in [0.5, 0.6) is 0 Å². The van der Waals surface area contributed by atoms with Crippen LogP contribution in [0.1, 0.15) is 174 Å². The van der Waals surface area contributed by atoms with Gasteiger partial charge in [-0.25, -0.2) is 0 Å². The minimum absolute atomic E-state index is 0.123. The van der Waals surface area contributed by atoms with E-state index in [0.29, 0.717) is 38.5 Å². The molecular formula is C41H74O8. The molecule has 6 atom stereocenters. The average molecular weight is 695 g/mol. The van der Waals surface area contributed by atoms with Gasteiger partial charge in [-0.1, -0.05) is 147 Å². The molecule has 0 aliphatic heterocycles. The van der Waals surface area contributed by atoms with E-state index in [1.165, 1.54) is 77.0 Å². The second kappa shape index (κ2) is 31.0. The molecule has 0 heterocycles. The number of aliphatic hydroxyl groups excluding tert-OH is 4. The first-order valence-corrected chi connectivity index (χ1v) is 20.2. The first-order chi connectivity index (χ1) is 23.8. The molecule has 0 unspecified atom stereocenters. The second-order valence-corrected chi connectivity index (χ2v) is 14.3. The summed E-state index contributed by atoms with van der Waals surface area (Å²) in [6.45, 7) is 3.84. The van der Waals surface area contributed by atoms with Crippen molar-refractivity contribution < 1.29 is 39.5 Å². The smallest absolute Gasteiger partial charge is 0.306 e. The Kier molecular flexibility index (Phi) is 28.7. The Hall–Kier alpha value is -1.74. The lowest BCUT2D eigenvalue weighted by Gasteiger charge is -2.19. The van der Waals surface area contributed by atoms with E-state index in [1.54, 1.807) is 6.08 Å². The fourth-order valence-electron chi connectivity index (χ4n) is 6.67. The van der Waals surface area contributed by atoms with Crippen molar-refractivity contribution in [3.05, 3.63) is 24.3 Å². The number of aliphatic hydroxyl groups is 4. The average Bonchev–Trinajstić information content (AvgIpc) is 3.36. The summed E-state index contributed by atoms with van der Waals surface area (Å²) in [5, 5.41) is 40.7. The zero-order valence-electron chi connectivity index (χ0n) is 31.3. The monoisotopic (exact) mass is 695 g/mol. The lowest BCUT2D eigenvalue weighted by Crippen LogP contribution is -2.28. The number of unbranched alkanes of at least 4 members (excludes halogenated alkanes) is 17. The summed E-state index contributed by atoms with van der Waals surface area (Å²) < 4.78 is 10.6. The number of carbonyl (C=O) groups is 2. The van der Waals surface area contributed by atoms with Crippen LogP contribution < -0.4 is 0 Å². The van der Waals surface area contributed by atoms with Crippen LogP contribution in [0.25, 0.3) is 0 Å². The van der Waals surface area contributed by atoms with Crippen molar-refractivity contribution >= 4 is 11.9 Å². The highest BCUT2D eigenvalue weighted by Gasteiger charge is 2.39. The number of rotatable bonds is 32. The van der Waals surface area contributed by atoms with Crippen molar-refractivity contribution in [1.82, 2.24) is 0 Å². The maximum Gasteiger partial charge on any atom is 0.306 e. The summed E-state index contributed by atoms with van der Waals surface area (Å²) >= 11 is 0. The molecule has 0 aromatic heterocycles. The highest BCUT2D eigenvalue weighted by atomic mass is 16.6. The number of carbonyl (C=O) groups excluding carboxylic acids is 2. The number of esters is 2. The standard InChI is InChI=1S/C41H74O8/c1-3-5-7-8-9-10-11-12-13-14-15-16-17-18-23-27-40(46)48-33-35(32-42)49-41(47)28-24-20-19-22-26-36-37(39(45)31-38(36)44)30-29-34(43)25-21-6-4-2/h19,22,29-30,34-39,42-45H,3-18,20-21,23-28,31-33H2,1-2H3/b22-19+,30-29+/t34-,35-,36+,37+,38-,39+/m0/s1. The quantitative estimate of drug-likeness (QED) is 0.0312. The van der Waals surface area contributed by atoms with Crippen LogP contribution in [-0.2, 0) is 19.1 Å². The van der Waals surface area contributed by atoms with Gasteiger partial charge in [-0.2, -0.15) is 0 Å². The van der Waals surface area contributed by atoms with Crippen LogP contribution in [0, 0.1) is 11.8 Å². The number of allylic oxidation sites excluding steroid dienone is 2. The molecule has 1 aliphatic rings. The highest BCUT2D eigenvalue weighted by Crippen LogP contribution is 2.36. The zero-order chi connectivity index (χ0) is 36.0. The van der Waals surface area contributed by atoms with Gasteiger partial charge in [0.1, 0.15) is 6.61 Å². The van der Waals surface area contributed by atoms with Gasteiger partial charge in [-0.3, -0.25) is 9.59 Å². The molecule has 0 radical (unpaired) electrons. The molecule has 0 amide bonds. The normalized spacial score (nSPS) is 20.7. The summed E-state index contributed by atoms with van der Waals surface area (Å²) in [6, 6.07) is 0. The Labute approximate surface area is 299 Å². The Bertz CT molecular complexity index is 858. The van der Waals surface area contributed by atoms with E-state index in [4.69, 9.17) is 9.47 Å². The summed E-state index contributed by atoms with van der Waals surface area (Å²) in [5.41, 5.74) is 0. The van der Waals surface area contributed by atoms with Gasteiger partial charge >= 0.3 is 11.9 Å². The van der Waals surface area contributed by atoms with Crippen LogP contribution in [0.3, 0.4) is 0 Å². The van der Waals surface area contributed by atoms with E-state index in [0.717, 1.165) is 38.5 Å². The molecule has 8 nitrogen and oxygen atoms in total. The fourth-order valence-corrected chi connectivity index (χ4v) is 6.67. The summed E-state index contributed by atoms with van der Waals surface area (Å²) in [7, 11) is 0. The first kappa shape index (κ1) is 45.3. The summed E-state index contributed by atoms with van der Waals surface area (Å²) in [5.74, 6) is -1.09. The van der Waals surface area contributed by atoms with Crippen LogP contribution in [0.15, 0.2) is 24.3 Å². The Morgan fingerprint density at radius 1 is 0.714 bits per heavy atom. The molecule has 0 bridgehead atoms. The minimum Gasteiger partial charge on any atom is -0.462 e. The van der Waals surface area contributed by atoms with Crippen molar-refractivity contribution in [2.75, 3.05) is 13.2 Å².